The van der Waals surface area contributed by atoms with Crippen molar-refractivity contribution in [2.24, 2.45) is 7.05 Å². The number of nitro groups is 1. The van der Waals surface area contributed by atoms with Crippen molar-refractivity contribution in [2.45, 2.75) is 19.9 Å². The SMILES string of the molecule is Cc1cnc(NC(C)c2nncn2C)c([N+](=O)[O-])c1. The second kappa shape index (κ2) is 5.01. The van der Waals surface area contributed by atoms with Crippen LogP contribution in [0.1, 0.15) is 24.4 Å². The summed E-state index contributed by atoms with van der Waals surface area (Å²) in [6.07, 6.45) is 3.16. The van der Waals surface area contributed by atoms with E-state index in [4.69, 9.17) is 0 Å². The van der Waals surface area contributed by atoms with Crippen LogP contribution in [0.5, 0.6) is 0 Å². The van der Waals surface area contributed by atoms with Gasteiger partial charge in [0, 0.05) is 19.3 Å². The van der Waals surface area contributed by atoms with Crippen LogP contribution in [-0.4, -0.2) is 24.7 Å². The molecule has 0 aliphatic heterocycles. The first-order valence-electron chi connectivity index (χ1n) is 5.70. The van der Waals surface area contributed by atoms with Gasteiger partial charge in [-0.2, -0.15) is 0 Å². The molecule has 0 bridgehead atoms. The van der Waals surface area contributed by atoms with E-state index in [2.05, 4.69) is 20.5 Å². The summed E-state index contributed by atoms with van der Waals surface area (Å²) in [6, 6.07) is 1.25. The van der Waals surface area contributed by atoms with E-state index in [0.717, 1.165) is 5.56 Å². The molecule has 1 unspecified atom stereocenters. The van der Waals surface area contributed by atoms with Gasteiger partial charge in [-0.25, -0.2) is 4.98 Å². The van der Waals surface area contributed by atoms with Gasteiger partial charge in [-0.05, 0) is 19.4 Å². The monoisotopic (exact) mass is 262 g/mol. The Morgan fingerprint density at radius 1 is 1.53 bits per heavy atom. The summed E-state index contributed by atoms with van der Waals surface area (Å²) in [5.41, 5.74) is 0.692. The predicted octanol–water partition coefficient (Wildman–Crippen LogP) is 1.60. The highest BCUT2D eigenvalue weighted by Gasteiger charge is 2.19. The zero-order chi connectivity index (χ0) is 14.0. The first-order chi connectivity index (χ1) is 8.99. The summed E-state index contributed by atoms with van der Waals surface area (Å²) in [5, 5.41) is 21.7. The summed E-state index contributed by atoms with van der Waals surface area (Å²) in [7, 11) is 1.81. The smallest absolute Gasteiger partial charge is 0.311 e. The third-order valence-electron chi connectivity index (χ3n) is 2.69. The van der Waals surface area contributed by atoms with Gasteiger partial charge in [0.15, 0.2) is 5.82 Å². The van der Waals surface area contributed by atoms with Crippen molar-refractivity contribution in [3.05, 3.63) is 40.1 Å². The molecular formula is C11H14N6O2. The maximum Gasteiger partial charge on any atom is 0.311 e. The largest absolute Gasteiger partial charge is 0.355 e. The van der Waals surface area contributed by atoms with Crippen LogP contribution in [0.3, 0.4) is 0 Å². The van der Waals surface area contributed by atoms with Crippen LogP contribution in [0.2, 0.25) is 0 Å². The Bertz CT molecular complexity index is 609. The fraction of sp³-hybridized carbons (Fsp3) is 0.364. The van der Waals surface area contributed by atoms with Gasteiger partial charge in [0.05, 0.1) is 11.0 Å². The molecule has 2 heterocycles. The van der Waals surface area contributed by atoms with Gasteiger partial charge in [0.1, 0.15) is 6.33 Å². The van der Waals surface area contributed by atoms with E-state index in [1.54, 1.807) is 24.0 Å². The lowest BCUT2D eigenvalue weighted by atomic mass is 10.2. The summed E-state index contributed by atoms with van der Waals surface area (Å²) in [5.74, 6) is 0.905. The van der Waals surface area contributed by atoms with Gasteiger partial charge < -0.3 is 9.88 Å². The van der Waals surface area contributed by atoms with Crippen LogP contribution in [-0.2, 0) is 7.05 Å². The molecule has 100 valence electrons. The fourth-order valence-electron chi connectivity index (χ4n) is 1.76. The van der Waals surface area contributed by atoms with Crippen LogP contribution in [0.4, 0.5) is 11.5 Å². The van der Waals surface area contributed by atoms with Crippen molar-refractivity contribution in [1.29, 1.82) is 0 Å². The number of rotatable bonds is 4. The molecule has 0 radical (unpaired) electrons. The summed E-state index contributed by atoms with van der Waals surface area (Å²) in [4.78, 5) is 14.6. The first-order valence-corrected chi connectivity index (χ1v) is 5.70. The second-order valence-electron chi connectivity index (χ2n) is 4.30. The van der Waals surface area contributed by atoms with Crippen LogP contribution in [0.25, 0.3) is 0 Å². The number of hydrogen-bond donors (Lipinski definition) is 1. The molecule has 2 aromatic rings. The number of nitrogens with zero attached hydrogens (tertiary/aromatic N) is 5. The Balaban J connectivity index is 2.29. The minimum absolute atomic E-state index is 0.0472. The van der Waals surface area contributed by atoms with Crippen molar-refractivity contribution < 1.29 is 4.92 Å². The molecular weight excluding hydrogens is 248 g/mol. The zero-order valence-corrected chi connectivity index (χ0v) is 10.9. The van der Waals surface area contributed by atoms with Crippen LogP contribution < -0.4 is 5.32 Å². The van der Waals surface area contributed by atoms with E-state index < -0.39 is 4.92 Å². The molecule has 2 rings (SSSR count). The third-order valence-corrected chi connectivity index (χ3v) is 2.69. The molecule has 1 atom stereocenters. The maximum absolute atomic E-state index is 11.0. The van der Waals surface area contributed by atoms with Crippen LogP contribution >= 0.6 is 0 Å². The minimum atomic E-state index is -0.453. The molecule has 0 aromatic carbocycles. The van der Waals surface area contributed by atoms with E-state index in [1.807, 2.05) is 14.0 Å². The Morgan fingerprint density at radius 3 is 2.84 bits per heavy atom. The van der Waals surface area contributed by atoms with E-state index in [-0.39, 0.29) is 17.5 Å². The van der Waals surface area contributed by atoms with Crippen molar-refractivity contribution in [3.63, 3.8) is 0 Å². The number of pyridine rings is 1. The average Bonchev–Trinajstić information content (AvgIpc) is 2.77. The normalized spacial score (nSPS) is 12.2. The van der Waals surface area contributed by atoms with Crippen molar-refractivity contribution in [3.8, 4) is 0 Å². The van der Waals surface area contributed by atoms with E-state index in [0.29, 0.717) is 5.82 Å². The molecule has 0 saturated heterocycles. The quantitative estimate of drug-likeness (QED) is 0.663. The molecule has 8 heteroatoms. The van der Waals surface area contributed by atoms with Crippen molar-refractivity contribution in [1.82, 2.24) is 19.7 Å². The summed E-state index contributed by atoms with van der Waals surface area (Å²) >= 11 is 0. The van der Waals surface area contributed by atoms with Gasteiger partial charge >= 0.3 is 5.69 Å². The van der Waals surface area contributed by atoms with Crippen molar-refractivity contribution >= 4 is 11.5 Å². The van der Waals surface area contributed by atoms with Gasteiger partial charge in [-0.3, -0.25) is 10.1 Å². The van der Waals surface area contributed by atoms with Gasteiger partial charge in [0.25, 0.3) is 0 Å². The first kappa shape index (κ1) is 12.9. The van der Waals surface area contributed by atoms with E-state index in [9.17, 15) is 10.1 Å². The van der Waals surface area contributed by atoms with Gasteiger partial charge in [0.2, 0.25) is 5.82 Å². The van der Waals surface area contributed by atoms with E-state index >= 15 is 0 Å². The third kappa shape index (κ3) is 2.67. The second-order valence-corrected chi connectivity index (χ2v) is 4.30. The molecule has 19 heavy (non-hydrogen) atoms. The van der Waals surface area contributed by atoms with Crippen LogP contribution in [0, 0.1) is 17.0 Å². The summed E-state index contributed by atoms with van der Waals surface area (Å²) < 4.78 is 1.75. The van der Waals surface area contributed by atoms with Gasteiger partial charge in [-0.15, -0.1) is 10.2 Å². The molecule has 0 aliphatic rings. The molecule has 0 spiro atoms. The molecule has 0 amide bonds. The highest BCUT2D eigenvalue weighted by molar-refractivity contribution is 5.57. The Hall–Kier alpha value is -2.51. The molecule has 0 saturated carbocycles. The number of hydrogen-bond acceptors (Lipinski definition) is 6. The summed E-state index contributed by atoms with van der Waals surface area (Å²) in [6.45, 7) is 3.60. The highest BCUT2D eigenvalue weighted by atomic mass is 16.6. The Kier molecular flexibility index (Phi) is 3.41. The lowest BCUT2D eigenvalue weighted by molar-refractivity contribution is -0.384. The van der Waals surface area contributed by atoms with Gasteiger partial charge in [-0.1, -0.05) is 0 Å². The Morgan fingerprint density at radius 2 is 2.26 bits per heavy atom. The number of nitrogens with one attached hydrogen (secondary N) is 1. The molecule has 0 fully saturated rings. The average molecular weight is 262 g/mol. The van der Waals surface area contributed by atoms with Crippen LogP contribution in [0.15, 0.2) is 18.6 Å². The molecule has 8 nitrogen and oxygen atoms in total. The lowest BCUT2D eigenvalue weighted by Gasteiger charge is -2.13. The number of anilines is 1. The zero-order valence-electron chi connectivity index (χ0n) is 10.9. The molecule has 1 N–H and O–H groups in total. The standard InChI is InChI=1S/C11H14N6O2/c1-7-4-9(17(18)19)10(12-5-7)14-8(2)11-15-13-6-16(11)3/h4-6,8H,1-3H3,(H,12,14). The Labute approximate surface area is 109 Å². The van der Waals surface area contributed by atoms with E-state index in [1.165, 1.54) is 6.07 Å². The number of aromatic nitrogens is 4. The maximum atomic E-state index is 11.0. The number of aryl methyl sites for hydroxylation is 2. The fourth-order valence-corrected chi connectivity index (χ4v) is 1.76. The topological polar surface area (TPSA) is 98.8 Å². The van der Waals surface area contributed by atoms with Crippen molar-refractivity contribution in [2.75, 3.05) is 5.32 Å². The molecule has 2 aromatic heterocycles. The molecule has 0 aliphatic carbocycles. The lowest BCUT2D eigenvalue weighted by Crippen LogP contribution is -2.14. The predicted molar refractivity (Wildman–Crippen MR) is 68.7 cm³/mol. The highest BCUT2D eigenvalue weighted by Crippen LogP contribution is 2.25. The minimum Gasteiger partial charge on any atom is -0.355 e.